The first-order chi connectivity index (χ1) is 21.0. The van der Waals surface area contributed by atoms with E-state index in [0.29, 0.717) is 29.4 Å². The fraction of sp³-hybridized carbons (Fsp3) is 0.371. The summed E-state index contributed by atoms with van der Waals surface area (Å²) in [4.78, 5) is 19.6. The molecule has 44 heavy (non-hydrogen) atoms. The van der Waals surface area contributed by atoms with E-state index in [0.717, 1.165) is 66.5 Å². The topological polar surface area (TPSA) is 53.4 Å². The van der Waals surface area contributed by atoms with Gasteiger partial charge in [-0.05, 0) is 62.7 Å². The van der Waals surface area contributed by atoms with Gasteiger partial charge in [0.1, 0.15) is 6.29 Å². The molecule has 1 N–H and O–H groups in total. The number of fused-ring (bicyclic) bond motifs is 1. The van der Waals surface area contributed by atoms with Crippen LogP contribution in [0, 0.1) is 18.8 Å². The monoisotopic (exact) mass is 603 g/mol. The molecule has 232 valence electrons. The van der Waals surface area contributed by atoms with Gasteiger partial charge in [0.25, 0.3) is 0 Å². The van der Waals surface area contributed by atoms with Crippen LogP contribution in [0.4, 0.5) is 18.9 Å². The molecule has 1 saturated heterocycles. The summed E-state index contributed by atoms with van der Waals surface area (Å²) in [6.45, 7) is 10.1. The largest absolute Gasteiger partial charge is 0.416 e. The van der Waals surface area contributed by atoms with Gasteiger partial charge < -0.3 is 14.8 Å². The van der Waals surface area contributed by atoms with Crippen molar-refractivity contribution in [2.75, 3.05) is 45.6 Å². The lowest BCUT2D eigenvalue weighted by molar-refractivity contribution is -0.138. The maximum Gasteiger partial charge on any atom is 0.416 e. The molecule has 0 bridgehead atoms. The van der Waals surface area contributed by atoms with E-state index < -0.39 is 11.7 Å². The van der Waals surface area contributed by atoms with Crippen LogP contribution in [0.3, 0.4) is 0 Å². The van der Waals surface area contributed by atoms with Crippen molar-refractivity contribution in [1.82, 2.24) is 19.4 Å². The normalized spacial score (nSPS) is 14.7. The summed E-state index contributed by atoms with van der Waals surface area (Å²) in [5.41, 5.74) is 4.89. The minimum Gasteiger partial charge on any atom is -0.388 e. The van der Waals surface area contributed by atoms with Gasteiger partial charge in [-0.15, -0.1) is 0 Å². The van der Waals surface area contributed by atoms with Gasteiger partial charge in [-0.25, -0.2) is 0 Å². The highest BCUT2D eigenvalue weighted by Crippen LogP contribution is 2.34. The average molecular weight is 604 g/mol. The van der Waals surface area contributed by atoms with E-state index in [9.17, 15) is 18.0 Å². The molecule has 9 heteroatoms. The van der Waals surface area contributed by atoms with Gasteiger partial charge in [0.05, 0.1) is 22.8 Å². The standard InChI is InChI=1S/C21H20N2O.C14H20F3N3/c1-4-16(3)23-10-9-20-19(12-22-13-21(20)23)8-7-18-11-17(14-24)6-5-15(18)2;1-18-12-4-3-11(13(9-12)14(15,16)17)10-20-7-5-19(2)6-8-20/h5-6,9-14,16H,4H2,1-3H3;3-4,9,18H,5-8,10H2,1-2H3. The summed E-state index contributed by atoms with van der Waals surface area (Å²) in [5, 5.41) is 3.87. The Morgan fingerprint density at radius 3 is 2.41 bits per heavy atom. The fourth-order valence-electron chi connectivity index (χ4n) is 5.12. The molecule has 5 rings (SSSR count). The van der Waals surface area contributed by atoms with Gasteiger partial charge in [-0.2, -0.15) is 13.2 Å². The van der Waals surface area contributed by atoms with Crippen molar-refractivity contribution in [1.29, 1.82) is 0 Å². The molecule has 6 nitrogen and oxygen atoms in total. The third kappa shape index (κ3) is 8.07. The summed E-state index contributed by atoms with van der Waals surface area (Å²) in [6.07, 6.45) is 3.40. The highest BCUT2D eigenvalue weighted by atomic mass is 19.4. The minimum absolute atomic E-state index is 0.348. The maximum atomic E-state index is 13.1. The molecule has 1 atom stereocenters. The first-order valence-corrected chi connectivity index (χ1v) is 14.8. The Morgan fingerprint density at radius 1 is 1.02 bits per heavy atom. The molecular formula is C35H40F3N5O. The average Bonchev–Trinajstić information content (AvgIpc) is 3.46. The molecule has 1 fully saturated rings. The van der Waals surface area contributed by atoms with Gasteiger partial charge >= 0.3 is 6.18 Å². The predicted molar refractivity (Wildman–Crippen MR) is 171 cm³/mol. The number of aldehydes is 1. The van der Waals surface area contributed by atoms with E-state index >= 15 is 0 Å². The molecule has 0 saturated carbocycles. The summed E-state index contributed by atoms with van der Waals surface area (Å²) in [7, 11) is 3.65. The number of halogens is 3. The number of hydrogen-bond acceptors (Lipinski definition) is 5. The number of aromatic nitrogens is 2. The number of benzene rings is 2. The van der Waals surface area contributed by atoms with Crippen LogP contribution in [0.2, 0.25) is 0 Å². The lowest BCUT2D eigenvalue weighted by Gasteiger charge is -2.33. The SMILES string of the molecule is CCC(C)n1ccc2c(C#Cc3cc(C=O)ccc3C)cncc21.CNc1ccc(CN2CCN(C)CC2)c(C(F)(F)F)c1. The van der Waals surface area contributed by atoms with Crippen LogP contribution in [0.1, 0.15) is 64.5 Å². The molecule has 0 spiro atoms. The van der Waals surface area contributed by atoms with Crippen LogP contribution < -0.4 is 5.32 Å². The molecule has 1 aliphatic rings. The van der Waals surface area contributed by atoms with Crippen LogP contribution in [-0.2, 0) is 12.7 Å². The van der Waals surface area contributed by atoms with Crippen LogP contribution in [0.5, 0.6) is 0 Å². The molecule has 4 aromatic rings. The van der Waals surface area contributed by atoms with Crippen molar-refractivity contribution in [2.24, 2.45) is 0 Å². The van der Waals surface area contributed by atoms with E-state index in [1.54, 1.807) is 25.4 Å². The molecule has 0 aliphatic carbocycles. The number of alkyl halides is 3. The van der Waals surface area contributed by atoms with Crippen LogP contribution >= 0.6 is 0 Å². The Labute approximate surface area is 257 Å². The molecule has 2 aromatic carbocycles. The zero-order valence-electron chi connectivity index (χ0n) is 26.0. The number of aryl methyl sites for hydroxylation is 1. The predicted octanol–water partition coefficient (Wildman–Crippen LogP) is 7.02. The molecule has 2 aromatic heterocycles. The second-order valence-electron chi connectivity index (χ2n) is 11.2. The Balaban J connectivity index is 0.000000204. The summed E-state index contributed by atoms with van der Waals surface area (Å²) in [6, 6.07) is 12.5. The highest BCUT2D eigenvalue weighted by molar-refractivity contribution is 5.85. The number of anilines is 1. The van der Waals surface area contributed by atoms with Crippen molar-refractivity contribution in [3.63, 3.8) is 0 Å². The number of piperazine rings is 1. The number of pyridine rings is 1. The molecule has 1 aliphatic heterocycles. The number of likely N-dealkylation sites (N-methyl/N-ethyl adjacent to an activating group) is 1. The first kappa shape index (κ1) is 32.8. The number of hydrogen-bond donors (Lipinski definition) is 1. The lowest BCUT2D eigenvalue weighted by atomic mass is 10.0. The molecular weight excluding hydrogens is 563 g/mol. The minimum atomic E-state index is -4.31. The number of nitrogens with zero attached hydrogens (tertiary/aromatic N) is 4. The first-order valence-electron chi connectivity index (χ1n) is 14.8. The van der Waals surface area contributed by atoms with Crippen molar-refractivity contribution >= 4 is 22.9 Å². The number of carbonyl (C=O) groups excluding carboxylic acids is 1. The van der Waals surface area contributed by atoms with Crippen LogP contribution in [-0.4, -0.2) is 65.9 Å². The third-order valence-electron chi connectivity index (χ3n) is 8.14. The van der Waals surface area contributed by atoms with Gasteiger partial charge in [-0.3, -0.25) is 14.7 Å². The van der Waals surface area contributed by atoms with E-state index in [1.165, 1.54) is 6.07 Å². The summed E-state index contributed by atoms with van der Waals surface area (Å²) >= 11 is 0. The molecule has 0 amide bonds. The second kappa shape index (κ2) is 14.6. The van der Waals surface area contributed by atoms with E-state index in [-0.39, 0.29) is 0 Å². The maximum absolute atomic E-state index is 13.1. The van der Waals surface area contributed by atoms with Crippen molar-refractivity contribution < 1.29 is 18.0 Å². The molecule has 3 heterocycles. The Bertz CT molecular complexity index is 1640. The van der Waals surface area contributed by atoms with E-state index in [1.807, 2.05) is 38.4 Å². The number of carbonyl (C=O) groups is 1. The lowest BCUT2D eigenvalue weighted by Crippen LogP contribution is -2.44. The van der Waals surface area contributed by atoms with E-state index in [2.05, 4.69) is 62.6 Å². The summed E-state index contributed by atoms with van der Waals surface area (Å²) in [5.74, 6) is 6.42. The second-order valence-corrected chi connectivity index (χ2v) is 11.2. The van der Waals surface area contributed by atoms with Gasteiger partial charge in [-0.1, -0.05) is 37.0 Å². The fourth-order valence-corrected chi connectivity index (χ4v) is 5.12. The van der Waals surface area contributed by atoms with Crippen molar-refractivity contribution in [3.05, 3.63) is 94.4 Å². The summed E-state index contributed by atoms with van der Waals surface area (Å²) < 4.78 is 41.6. The Morgan fingerprint density at radius 2 is 1.75 bits per heavy atom. The third-order valence-corrected chi connectivity index (χ3v) is 8.14. The highest BCUT2D eigenvalue weighted by Gasteiger charge is 2.34. The zero-order valence-corrected chi connectivity index (χ0v) is 26.0. The van der Waals surface area contributed by atoms with Crippen LogP contribution in [0.15, 0.2) is 61.1 Å². The quantitative estimate of drug-likeness (QED) is 0.190. The smallest absolute Gasteiger partial charge is 0.388 e. The number of rotatable bonds is 6. The molecule has 1 unspecified atom stereocenters. The zero-order chi connectivity index (χ0) is 31.9. The van der Waals surface area contributed by atoms with Crippen molar-refractivity contribution in [3.8, 4) is 11.8 Å². The van der Waals surface area contributed by atoms with E-state index in [4.69, 9.17) is 0 Å². The number of nitrogens with one attached hydrogen (secondary N) is 1. The molecule has 0 radical (unpaired) electrons. The Kier molecular flexibility index (Phi) is 10.8. The van der Waals surface area contributed by atoms with Gasteiger partial charge in [0.15, 0.2) is 0 Å². The van der Waals surface area contributed by atoms with Gasteiger partial charge in [0.2, 0.25) is 0 Å². The van der Waals surface area contributed by atoms with Crippen LogP contribution in [0.25, 0.3) is 10.9 Å². The van der Waals surface area contributed by atoms with Gasteiger partial charge in [0, 0.05) is 80.4 Å². The Hall–Kier alpha value is -4.13. The van der Waals surface area contributed by atoms with Crippen molar-refractivity contribution in [2.45, 2.75) is 46.0 Å².